The van der Waals surface area contributed by atoms with Gasteiger partial charge in [0.15, 0.2) is 0 Å². The van der Waals surface area contributed by atoms with Crippen LogP contribution in [0.3, 0.4) is 0 Å². The van der Waals surface area contributed by atoms with Gasteiger partial charge in [-0.05, 0) is 107 Å². The number of hydrogen-bond donors (Lipinski definition) is 0. The van der Waals surface area contributed by atoms with Crippen LogP contribution in [0.5, 0.6) is 11.5 Å². The second kappa shape index (κ2) is 17.4. The van der Waals surface area contributed by atoms with Crippen LogP contribution in [0.1, 0.15) is 165 Å². The lowest BCUT2D eigenvalue weighted by molar-refractivity contribution is 0.259. The highest BCUT2D eigenvalue weighted by atomic mass is 16.6. The first-order valence-corrected chi connectivity index (χ1v) is 18.9. The Balaban J connectivity index is 1.47. The van der Waals surface area contributed by atoms with E-state index in [2.05, 4.69) is 93.5 Å². The van der Waals surface area contributed by atoms with Crippen LogP contribution in [0, 0.1) is 11.8 Å². The zero-order valence-corrected chi connectivity index (χ0v) is 31.0. The number of ether oxygens (including phenoxy) is 4. The van der Waals surface area contributed by atoms with Gasteiger partial charge in [-0.3, -0.25) is 0 Å². The molecule has 4 unspecified atom stereocenters. The molecular weight excluding hydrogens is 568 g/mol. The Kier molecular flexibility index (Phi) is 13.9. The molecule has 4 nitrogen and oxygen atoms in total. The molecule has 2 heterocycles. The summed E-state index contributed by atoms with van der Waals surface area (Å²) in [5.74, 6) is 5.26. The first-order chi connectivity index (χ1) is 22.0. The van der Waals surface area contributed by atoms with Crippen molar-refractivity contribution in [3.63, 3.8) is 0 Å². The third-order valence-corrected chi connectivity index (χ3v) is 10.4. The van der Waals surface area contributed by atoms with Crippen LogP contribution in [0.4, 0.5) is 0 Å². The van der Waals surface area contributed by atoms with Crippen LogP contribution in [0.15, 0.2) is 24.3 Å². The molecule has 2 aromatic rings. The number of aryl methyl sites for hydroxylation is 2. The molecule has 4 atom stereocenters. The molecule has 0 saturated carbocycles. The lowest BCUT2D eigenvalue weighted by Crippen LogP contribution is -2.11. The van der Waals surface area contributed by atoms with Crippen molar-refractivity contribution in [2.24, 2.45) is 11.8 Å². The molecule has 2 aliphatic rings. The Labute approximate surface area is 282 Å². The van der Waals surface area contributed by atoms with Crippen LogP contribution >= 0.6 is 0 Å². The summed E-state index contributed by atoms with van der Waals surface area (Å²) in [7, 11) is 0. The van der Waals surface area contributed by atoms with E-state index in [4.69, 9.17) is 18.9 Å². The second-order valence-corrected chi connectivity index (χ2v) is 15.4. The van der Waals surface area contributed by atoms with Gasteiger partial charge in [-0.2, -0.15) is 0 Å². The highest BCUT2D eigenvalue weighted by Crippen LogP contribution is 2.39. The van der Waals surface area contributed by atoms with Gasteiger partial charge in [0, 0.05) is 0 Å². The van der Waals surface area contributed by atoms with Crippen LogP contribution in [-0.4, -0.2) is 38.6 Å². The monoisotopic (exact) mass is 634 g/mol. The zero-order chi connectivity index (χ0) is 33.4. The number of epoxide rings is 2. The predicted molar refractivity (Wildman–Crippen MR) is 193 cm³/mol. The fraction of sp³-hybridized carbons (Fsp3) is 0.714. The summed E-state index contributed by atoms with van der Waals surface area (Å²) in [5, 5.41) is 0. The maximum absolute atomic E-state index is 6.61. The third kappa shape index (κ3) is 10.2. The average molecular weight is 635 g/mol. The normalized spacial score (nSPS) is 18.9. The third-order valence-electron chi connectivity index (χ3n) is 10.4. The molecule has 0 radical (unpaired) electrons. The van der Waals surface area contributed by atoms with Crippen molar-refractivity contribution < 1.29 is 18.9 Å². The van der Waals surface area contributed by atoms with E-state index < -0.39 is 0 Å². The van der Waals surface area contributed by atoms with Gasteiger partial charge in [-0.15, -0.1) is 0 Å². The first kappa shape index (κ1) is 36.8. The number of rotatable bonds is 21. The van der Waals surface area contributed by atoms with Crippen molar-refractivity contribution in [2.75, 3.05) is 26.4 Å². The molecule has 2 fully saturated rings. The Morgan fingerprint density at radius 1 is 0.565 bits per heavy atom. The summed E-state index contributed by atoms with van der Waals surface area (Å²) >= 11 is 0. The summed E-state index contributed by atoms with van der Waals surface area (Å²) in [4.78, 5) is 0. The minimum absolute atomic E-state index is 0.414. The summed E-state index contributed by atoms with van der Waals surface area (Å²) < 4.78 is 24.4. The maximum Gasteiger partial charge on any atom is 0.126 e. The van der Waals surface area contributed by atoms with E-state index in [0.29, 0.717) is 47.7 Å². The fourth-order valence-electron chi connectivity index (χ4n) is 7.10. The molecular formula is C42H66O4. The quantitative estimate of drug-likeness (QED) is 0.101. The molecule has 258 valence electrons. The molecule has 0 bridgehead atoms. The molecule has 4 heteroatoms. The van der Waals surface area contributed by atoms with Crippen LogP contribution < -0.4 is 9.47 Å². The van der Waals surface area contributed by atoms with E-state index in [1.54, 1.807) is 0 Å². The second-order valence-electron chi connectivity index (χ2n) is 15.4. The van der Waals surface area contributed by atoms with Crippen LogP contribution in [-0.2, 0) is 22.3 Å². The van der Waals surface area contributed by atoms with Crippen LogP contribution in [0.25, 0.3) is 0 Å². The molecule has 0 aromatic heterocycles. The molecule has 46 heavy (non-hydrogen) atoms. The van der Waals surface area contributed by atoms with Crippen molar-refractivity contribution in [3.05, 3.63) is 57.6 Å². The van der Waals surface area contributed by atoms with Gasteiger partial charge in [0.2, 0.25) is 0 Å². The Morgan fingerprint density at radius 2 is 0.870 bits per heavy atom. The van der Waals surface area contributed by atoms with Gasteiger partial charge >= 0.3 is 0 Å². The van der Waals surface area contributed by atoms with Gasteiger partial charge < -0.3 is 18.9 Å². The largest absolute Gasteiger partial charge is 0.493 e. The van der Waals surface area contributed by atoms with Crippen molar-refractivity contribution in [2.45, 2.75) is 156 Å². The van der Waals surface area contributed by atoms with Crippen molar-refractivity contribution in [1.82, 2.24) is 0 Å². The molecule has 2 aromatic carbocycles. The van der Waals surface area contributed by atoms with Gasteiger partial charge in [-0.25, -0.2) is 0 Å². The lowest BCUT2D eigenvalue weighted by Gasteiger charge is -2.23. The topological polar surface area (TPSA) is 43.5 Å². The predicted octanol–water partition coefficient (Wildman–Crippen LogP) is 11.1. The number of hydrogen-bond acceptors (Lipinski definition) is 4. The standard InChI is InChI=1S/C42H66O4/c1-11-33(39-25-45-39)15-13-19-43-41-35(27(3)4)21-31(22-36(41)28(5)6)17-18-32-23-37(29(7)8)42(38(24-32)30(9)10)44-20-14-16-34(12-2)40-26-46-40/h21-24,27-30,33-34,39-40H,11-20,25-26H2,1-10H3. The van der Waals surface area contributed by atoms with E-state index in [-0.39, 0.29) is 0 Å². The molecule has 0 spiro atoms. The minimum Gasteiger partial charge on any atom is -0.493 e. The average Bonchev–Trinajstić information content (AvgIpc) is 3.95. The van der Waals surface area contributed by atoms with Gasteiger partial charge in [0.25, 0.3) is 0 Å². The van der Waals surface area contributed by atoms with E-state index in [0.717, 1.165) is 63.6 Å². The molecule has 0 N–H and O–H groups in total. The van der Waals surface area contributed by atoms with E-state index in [9.17, 15) is 0 Å². The summed E-state index contributed by atoms with van der Waals surface area (Å²) in [6.45, 7) is 26.4. The van der Waals surface area contributed by atoms with Gasteiger partial charge in [0.1, 0.15) is 11.5 Å². The number of benzene rings is 2. The van der Waals surface area contributed by atoms with Crippen molar-refractivity contribution in [3.8, 4) is 11.5 Å². The summed E-state index contributed by atoms with van der Waals surface area (Å²) in [5.41, 5.74) is 8.25. The van der Waals surface area contributed by atoms with Crippen molar-refractivity contribution in [1.29, 1.82) is 0 Å². The highest BCUT2D eigenvalue weighted by Gasteiger charge is 2.31. The van der Waals surface area contributed by atoms with Crippen molar-refractivity contribution >= 4 is 0 Å². The smallest absolute Gasteiger partial charge is 0.126 e. The Hall–Kier alpha value is -2.04. The van der Waals surface area contributed by atoms with E-state index >= 15 is 0 Å². The molecule has 4 rings (SSSR count). The summed E-state index contributed by atoms with van der Waals surface area (Å²) in [6, 6.07) is 9.72. The molecule has 2 aliphatic heterocycles. The zero-order valence-electron chi connectivity index (χ0n) is 31.0. The Morgan fingerprint density at radius 3 is 1.11 bits per heavy atom. The van der Waals surface area contributed by atoms with Crippen LogP contribution in [0.2, 0.25) is 0 Å². The van der Waals surface area contributed by atoms with E-state index in [1.165, 1.54) is 59.1 Å². The fourth-order valence-corrected chi connectivity index (χ4v) is 7.10. The molecule has 2 saturated heterocycles. The Bertz CT molecular complexity index is 1070. The lowest BCUT2D eigenvalue weighted by atomic mass is 9.88. The summed E-state index contributed by atoms with van der Waals surface area (Å²) in [6.07, 6.45) is 9.95. The molecule has 0 aliphatic carbocycles. The highest BCUT2D eigenvalue weighted by molar-refractivity contribution is 5.50. The minimum atomic E-state index is 0.414. The molecule has 0 amide bonds. The van der Waals surface area contributed by atoms with E-state index in [1.807, 2.05) is 0 Å². The first-order valence-electron chi connectivity index (χ1n) is 18.9. The van der Waals surface area contributed by atoms with Gasteiger partial charge in [-0.1, -0.05) is 106 Å². The SMILES string of the molecule is CCC(CCCOc1c(C(C)C)cc(CCc2cc(C(C)C)c(OCCCC(CC)C3CO3)c(C(C)C)c2)cc1C(C)C)C1CO1. The maximum atomic E-state index is 6.61. The van der Waals surface area contributed by atoms with Gasteiger partial charge in [0.05, 0.1) is 38.6 Å².